The standard InChI is InChI=1S/C20H21N/c1-4-11-19-14(6-1)12-20-18-9-3-2-8-17(18)16-10-5-7-15(16)13-21(19)20/h1-6,8-11,15-18,20H,7,12-13H2. The van der Waals surface area contributed by atoms with Crippen molar-refractivity contribution in [3.05, 3.63) is 66.3 Å². The van der Waals surface area contributed by atoms with Crippen molar-refractivity contribution in [3.8, 4) is 0 Å². The Kier molecular flexibility index (Phi) is 2.46. The molecule has 0 saturated carbocycles. The number of benzene rings is 1. The normalized spacial score (nSPS) is 38.7. The molecule has 0 spiro atoms. The molecule has 21 heavy (non-hydrogen) atoms. The van der Waals surface area contributed by atoms with Crippen molar-refractivity contribution in [2.45, 2.75) is 18.9 Å². The molecule has 106 valence electrons. The first-order valence-corrected chi connectivity index (χ1v) is 8.28. The Bertz CT molecular complexity index is 654. The fourth-order valence-corrected chi connectivity index (χ4v) is 5.08. The first kappa shape index (κ1) is 11.9. The third kappa shape index (κ3) is 1.64. The van der Waals surface area contributed by atoms with E-state index < -0.39 is 0 Å². The zero-order chi connectivity index (χ0) is 13.8. The molecule has 5 rings (SSSR count). The zero-order valence-electron chi connectivity index (χ0n) is 12.2. The molecule has 5 atom stereocenters. The molecule has 1 fully saturated rings. The van der Waals surface area contributed by atoms with Gasteiger partial charge in [0.15, 0.2) is 0 Å². The van der Waals surface area contributed by atoms with E-state index >= 15 is 0 Å². The third-order valence-corrected chi connectivity index (χ3v) is 6.01. The Hall–Kier alpha value is -1.76. The molecule has 1 nitrogen and oxygen atoms in total. The molecule has 0 radical (unpaired) electrons. The number of fused-ring (bicyclic) bond motifs is 7. The number of allylic oxidation sites excluding steroid dienone is 5. The van der Waals surface area contributed by atoms with E-state index in [1.54, 1.807) is 5.56 Å². The predicted octanol–water partition coefficient (Wildman–Crippen LogP) is 3.98. The van der Waals surface area contributed by atoms with Crippen molar-refractivity contribution in [1.29, 1.82) is 0 Å². The predicted molar refractivity (Wildman–Crippen MR) is 87.3 cm³/mol. The molecule has 0 aromatic heterocycles. The highest BCUT2D eigenvalue weighted by Crippen LogP contribution is 2.48. The van der Waals surface area contributed by atoms with E-state index in [1.165, 1.54) is 25.1 Å². The number of hydrogen-bond acceptors (Lipinski definition) is 1. The van der Waals surface area contributed by atoms with Crippen LogP contribution in [0.3, 0.4) is 0 Å². The van der Waals surface area contributed by atoms with Gasteiger partial charge in [0.25, 0.3) is 0 Å². The molecule has 1 aromatic carbocycles. The number of nitrogens with zero attached hydrogens (tertiary/aromatic N) is 1. The Balaban J connectivity index is 1.62. The number of hydrogen-bond donors (Lipinski definition) is 0. The van der Waals surface area contributed by atoms with Gasteiger partial charge < -0.3 is 4.90 Å². The van der Waals surface area contributed by atoms with E-state index in [0.717, 1.165) is 11.8 Å². The van der Waals surface area contributed by atoms with Crippen molar-refractivity contribution in [3.63, 3.8) is 0 Å². The van der Waals surface area contributed by atoms with Crippen LogP contribution in [0.1, 0.15) is 12.0 Å². The smallest absolute Gasteiger partial charge is 0.0402 e. The molecule has 0 amide bonds. The average molecular weight is 275 g/mol. The maximum atomic E-state index is 2.73. The van der Waals surface area contributed by atoms with Gasteiger partial charge in [-0.3, -0.25) is 0 Å². The summed E-state index contributed by atoms with van der Waals surface area (Å²) >= 11 is 0. The minimum atomic E-state index is 0.660. The summed E-state index contributed by atoms with van der Waals surface area (Å²) in [5.41, 5.74) is 3.05. The largest absolute Gasteiger partial charge is 0.367 e. The Labute approximate surface area is 126 Å². The molecular formula is C20H21N. The topological polar surface area (TPSA) is 3.24 Å². The highest BCUT2D eigenvalue weighted by atomic mass is 15.2. The van der Waals surface area contributed by atoms with Crippen LogP contribution in [0.15, 0.2) is 60.7 Å². The van der Waals surface area contributed by atoms with Gasteiger partial charge in [0.2, 0.25) is 0 Å². The fourth-order valence-electron chi connectivity index (χ4n) is 5.08. The van der Waals surface area contributed by atoms with Crippen LogP contribution in [0.2, 0.25) is 0 Å². The second-order valence-electron chi connectivity index (χ2n) is 6.98. The molecule has 0 N–H and O–H groups in total. The van der Waals surface area contributed by atoms with Crippen LogP contribution < -0.4 is 4.90 Å². The number of rotatable bonds is 0. The van der Waals surface area contributed by atoms with E-state index in [2.05, 4.69) is 65.6 Å². The number of para-hydroxylation sites is 1. The summed E-state index contributed by atoms with van der Waals surface area (Å²) in [6, 6.07) is 9.71. The van der Waals surface area contributed by atoms with Gasteiger partial charge in [-0.15, -0.1) is 0 Å². The fraction of sp³-hybridized carbons (Fsp3) is 0.400. The average Bonchev–Trinajstić information content (AvgIpc) is 3.10. The monoisotopic (exact) mass is 275 g/mol. The molecule has 2 aliphatic carbocycles. The van der Waals surface area contributed by atoms with Crippen LogP contribution in [-0.2, 0) is 6.42 Å². The molecule has 2 aliphatic heterocycles. The molecular weight excluding hydrogens is 254 g/mol. The molecule has 1 heteroatoms. The minimum absolute atomic E-state index is 0.660. The highest BCUT2D eigenvalue weighted by molar-refractivity contribution is 5.60. The van der Waals surface area contributed by atoms with Gasteiger partial charge in [0.1, 0.15) is 0 Å². The van der Waals surface area contributed by atoms with Gasteiger partial charge in [-0.05, 0) is 42.2 Å². The van der Waals surface area contributed by atoms with Gasteiger partial charge in [-0.2, -0.15) is 0 Å². The molecule has 1 saturated heterocycles. The molecule has 4 aliphatic rings. The van der Waals surface area contributed by atoms with E-state index in [1.807, 2.05) is 0 Å². The van der Waals surface area contributed by atoms with Crippen molar-refractivity contribution in [1.82, 2.24) is 0 Å². The first-order valence-electron chi connectivity index (χ1n) is 8.28. The maximum absolute atomic E-state index is 2.73. The lowest BCUT2D eigenvalue weighted by molar-refractivity contribution is 0.309. The van der Waals surface area contributed by atoms with Crippen LogP contribution in [0.25, 0.3) is 0 Å². The molecule has 2 heterocycles. The van der Waals surface area contributed by atoms with Crippen molar-refractivity contribution in [2.24, 2.45) is 23.7 Å². The van der Waals surface area contributed by atoms with Crippen LogP contribution in [0.5, 0.6) is 0 Å². The van der Waals surface area contributed by atoms with Gasteiger partial charge in [0.05, 0.1) is 0 Å². The summed E-state index contributed by atoms with van der Waals surface area (Å²) in [6.07, 6.45) is 16.9. The highest BCUT2D eigenvalue weighted by Gasteiger charge is 2.46. The minimum Gasteiger partial charge on any atom is -0.367 e. The lowest BCUT2D eigenvalue weighted by atomic mass is 9.73. The SMILES string of the molecule is C1=CC2C3C=CCC3CN3c4ccccc4CC3C2C=C1. The van der Waals surface area contributed by atoms with E-state index in [9.17, 15) is 0 Å². The van der Waals surface area contributed by atoms with E-state index in [4.69, 9.17) is 0 Å². The summed E-state index contributed by atoms with van der Waals surface area (Å²) in [4.78, 5) is 2.73. The lowest BCUT2D eigenvalue weighted by Crippen LogP contribution is -2.39. The van der Waals surface area contributed by atoms with Crippen LogP contribution in [0, 0.1) is 23.7 Å². The summed E-state index contributed by atoms with van der Waals surface area (Å²) in [5, 5.41) is 0. The molecule has 0 bridgehead atoms. The van der Waals surface area contributed by atoms with E-state index in [0.29, 0.717) is 17.9 Å². The Morgan fingerprint density at radius 2 is 1.76 bits per heavy atom. The second kappa shape index (κ2) is 4.37. The van der Waals surface area contributed by atoms with Gasteiger partial charge in [0, 0.05) is 24.2 Å². The number of anilines is 1. The van der Waals surface area contributed by atoms with Gasteiger partial charge >= 0.3 is 0 Å². The van der Waals surface area contributed by atoms with Crippen LogP contribution >= 0.6 is 0 Å². The van der Waals surface area contributed by atoms with Gasteiger partial charge in [-0.25, -0.2) is 0 Å². The Morgan fingerprint density at radius 1 is 0.905 bits per heavy atom. The van der Waals surface area contributed by atoms with Crippen molar-refractivity contribution < 1.29 is 0 Å². The molecule has 1 aromatic rings. The summed E-state index contributed by atoms with van der Waals surface area (Å²) in [7, 11) is 0. The summed E-state index contributed by atoms with van der Waals surface area (Å²) in [5.74, 6) is 2.90. The molecule has 5 unspecified atom stereocenters. The lowest BCUT2D eigenvalue weighted by Gasteiger charge is -2.34. The maximum Gasteiger partial charge on any atom is 0.0402 e. The zero-order valence-corrected chi connectivity index (χ0v) is 12.2. The van der Waals surface area contributed by atoms with E-state index in [-0.39, 0.29) is 0 Å². The summed E-state index contributed by atoms with van der Waals surface area (Å²) < 4.78 is 0. The summed E-state index contributed by atoms with van der Waals surface area (Å²) in [6.45, 7) is 1.23. The van der Waals surface area contributed by atoms with Crippen molar-refractivity contribution >= 4 is 5.69 Å². The first-order chi connectivity index (χ1) is 10.4. The third-order valence-electron chi connectivity index (χ3n) is 6.01. The van der Waals surface area contributed by atoms with Crippen molar-refractivity contribution in [2.75, 3.05) is 11.4 Å². The van der Waals surface area contributed by atoms with Crippen LogP contribution in [0.4, 0.5) is 5.69 Å². The second-order valence-corrected chi connectivity index (χ2v) is 6.98. The van der Waals surface area contributed by atoms with Gasteiger partial charge in [-0.1, -0.05) is 54.7 Å². The quantitative estimate of drug-likeness (QED) is 0.647. The Morgan fingerprint density at radius 3 is 2.71 bits per heavy atom. The van der Waals surface area contributed by atoms with Crippen LogP contribution in [-0.4, -0.2) is 12.6 Å².